The summed E-state index contributed by atoms with van der Waals surface area (Å²) in [6.07, 6.45) is 4.53. The fraction of sp³-hybridized carbons (Fsp3) is 0.615. The van der Waals surface area contributed by atoms with Gasteiger partial charge >= 0.3 is 0 Å². The molecule has 0 radical (unpaired) electrons. The topological polar surface area (TPSA) is 33.5 Å². The maximum atomic E-state index is 11.5. The van der Waals surface area contributed by atoms with Gasteiger partial charge in [-0.25, -0.2) is 0 Å². The van der Waals surface area contributed by atoms with Gasteiger partial charge in [0.25, 0.3) is 0 Å². The summed E-state index contributed by atoms with van der Waals surface area (Å²) < 4.78 is 5.03. The summed E-state index contributed by atoms with van der Waals surface area (Å²) >= 11 is 11.6. The number of furan rings is 1. The van der Waals surface area contributed by atoms with Gasteiger partial charge in [-0.1, -0.05) is 26.2 Å². The van der Waals surface area contributed by atoms with Crippen molar-refractivity contribution in [2.45, 2.75) is 46.1 Å². The zero-order chi connectivity index (χ0) is 13.5. The minimum atomic E-state index is 0.0416. The molecule has 18 heavy (non-hydrogen) atoms. The zero-order valence-corrected chi connectivity index (χ0v) is 12.4. The Morgan fingerprint density at radius 2 is 2.06 bits per heavy atom. The molecular formula is C13H19Cl2NO2. The van der Waals surface area contributed by atoms with E-state index in [9.17, 15) is 4.79 Å². The van der Waals surface area contributed by atoms with Gasteiger partial charge < -0.3 is 9.32 Å². The fourth-order valence-corrected chi connectivity index (χ4v) is 2.21. The molecule has 0 saturated carbocycles. The minimum absolute atomic E-state index is 0.0416. The smallest absolute Gasteiger partial charge is 0.219 e. The first-order chi connectivity index (χ1) is 8.54. The van der Waals surface area contributed by atoms with Crippen LogP contribution >= 0.6 is 23.2 Å². The highest BCUT2D eigenvalue weighted by molar-refractivity contribution is 6.32. The van der Waals surface area contributed by atoms with E-state index in [-0.39, 0.29) is 16.3 Å². The molecule has 0 spiro atoms. The number of rotatable bonds is 7. The van der Waals surface area contributed by atoms with Crippen LogP contribution in [-0.2, 0) is 11.3 Å². The summed E-state index contributed by atoms with van der Waals surface area (Å²) in [5.74, 6) is 0.0416. The Bertz CT molecular complexity index is 390. The average Bonchev–Trinajstić information content (AvgIpc) is 2.61. The van der Waals surface area contributed by atoms with E-state index in [0.717, 1.165) is 24.9 Å². The number of amides is 1. The van der Waals surface area contributed by atoms with Crippen LogP contribution in [0.4, 0.5) is 0 Å². The molecule has 0 fully saturated rings. The van der Waals surface area contributed by atoms with Crippen LogP contribution in [0.2, 0.25) is 10.4 Å². The molecule has 3 nitrogen and oxygen atoms in total. The van der Waals surface area contributed by atoms with Gasteiger partial charge in [0.1, 0.15) is 0 Å². The molecular weight excluding hydrogens is 273 g/mol. The maximum absolute atomic E-state index is 11.5. The summed E-state index contributed by atoms with van der Waals surface area (Å²) in [5, 5.41) is 0.518. The molecule has 0 aliphatic rings. The molecule has 1 heterocycles. The summed E-state index contributed by atoms with van der Waals surface area (Å²) in [4.78, 5) is 13.3. The molecule has 0 bridgehead atoms. The monoisotopic (exact) mass is 291 g/mol. The second kappa shape index (κ2) is 7.70. The molecule has 102 valence electrons. The van der Waals surface area contributed by atoms with Gasteiger partial charge in [-0.3, -0.25) is 4.79 Å². The number of carbonyl (C=O) groups excluding carboxylic acids is 1. The Kier molecular flexibility index (Phi) is 6.58. The number of carbonyl (C=O) groups is 1. The van der Waals surface area contributed by atoms with Gasteiger partial charge in [-0.15, -0.1) is 0 Å². The van der Waals surface area contributed by atoms with Crippen LogP contribution in [-0.4, -0.2) is 17.4 Å². The van der Waals surface area contributed by atoms with E-state index in [2.05, 4.69) is 6.92 Å². The van der Waals surface area contributed by atoms with E-state index in [0.29, 0.717) is 6.54 Å². The predicted octanol–water partition coefficient (Wildman–Crippen LogP) is 4.52. The molecule has 0 aliphatic carbocycles. The van der Waals surface area contributed by atoms with Gasteiger partial charge in [0.05, 0.1) is 6.54 Å². The van der Waals surface area contributed by atoms with Crippen molar-refractivity contribution in [2.75, 3.05) is 6.54 Å². The molecule has 5 heteroatoms. The van der Waals surface area contributed by atoms with Crippen LogP contribution in [0.15, 0.2) is 10.5 Å². The molecule has 1 amide bonds. The molecule has 0 unspecified atom stereocenters. The standard InChI is InChI=1S/C13H19Cl2NO2/c1-3-4-5-6-7-16(10(2)17)9-11-8-12(14)18-13(11)15/h8H,3-7,9H2,1-2H3. The van der Waals surface area contributed by atoms with Crippen molar-refractivity contribution in [3.05, 3.63) is 22.1 Å². The summed E-state index contributed by atoms with van der Waals surface area (Å²) in [6.45, 7) is 4.93. The van der Waals surface area contributed by atoms with E-state index >= 15 is 0 Å². The molecule has 0 atom stereocenters. The van der Waals surface area contributed by atoms with E-state index < -0.39 is 0 Å². The first-order valence-corrected chi connectivity index (χ1v) is 6.99. The lowest BCUT2D eigenvalue weighted by atomic mass is 10.2. The fourth-order valence-electron chi connectivity index (χ4n) is 1.77. The highest BCUT2D eigenvalue weighted by atomic mass is 35.5. The summed E-state index contributed by atoms with van der Waals surface area (Å²) in [5.41, 5.74) is 0.757. The Labute approximate surface area is 118 Å². The number of halogens is 2. The van der Waals surface area contributed by atoms with Crippen molar-refractivity contribution in [3.63, 3.8) is 0 Å². The first-order valence-electron chi connectivity index (χ1n) is 6.23. The van der Waals surface area contributed by atoms with E-state index in [4.69, 9.17) is 27.6 Å². The summed E-state index contributed by atoms with van der Waals surface area (Å²) in [6, 6.07) is 1.66. The molecule has 1 aromatic heterocycles. The molecule has 0 aliphatic heterocycles. The highest BCUT2D eigenvalue weighted by Crippen LogP contribution is 2.25. The molecule has 0 aromatic carbocycles. The van der Waals surface area contributed by atoms with Crippen molar-refractivity contribution in [1.82, 2.24) is 4.90 Å². The first kappa shape index (κ1) is 15.4. The third-order valence-corrected chi connectivity index (χ3v) is 3.32. The lowest BCUT2D eigenvalue weighted by molar-refractivity contribution is -0.129. The third kappa shape index (κ3) is 4.91. The minimum Gasteiger partial charge on any atom is -0.433 e. The van der Waals surface area contributed by atoms with Gasteiger partial charge in [-0.05, 0) is 29.6 Å². The normalized spacial score (nSPS) is 10.7. The molecule has 1 rings (SSSR count). The van der Waals surface area contributed by atoms with Crippen molar-refractivity contribution in [3.8, 4) is 0 Å². The molecule has 0 saturated heterocycles. The second-order valence-corrected chi connectivity index (χ2v) is 5.07. The van der Waals surface area contributed by atoms with Crippen LogP contribution in [0, 0.1) is 0 Å². The molecule has 1 aromatic rings. The number of unbranched alkanes of at least 4 members (excludes halogenated alkanes) is 3. The van der Waals surface area contributed by atoms with Crippen LogP contribution in [0.5, 0.6) is 0 Å². The number of hydrogen-bond acceptors (Lipinski definition) is 2. The lowest BCUT2D eigenvalue weighted by Gasteiger charge is -2.20. The van der Waals surface area contributed by atoms with E-state index in [1.54, 1.807) is 17.9 Å². The Hall–Kier alpha value is -0.670. The van der Waals surface area contributed by atoms with Crippen LogP contribution in [0.3, 0.4) is 0 Å². The Morgan fingerprint density at radius 1 is 1.33 bits per heavy atom. The largest absolute Gasteiger partial charge is 0.433 e. The van der Waals surface area contributed by atoms with Crippen LogP contribution in [0.25, 0.3) is 0 Å². The van der Waals surface area contributed by atoms with Crippen LogP contribution < -0.4 is 0 Å². The van der Waals surface area contributed by atoms with Crippen molar-refractivity contribution >= 4 is 29.1 Å². The third-order valence-electron chi connectivity index (χ3n) is 2.82. The van der Waals surface area contributed by atoms with Crippen LogP contribution in [0.1, 0.15) is 45.1 Å². The average molecular weight is 292 g/mol. The zero-order valence-electron chi connectivity index (χ0n) is 10.8. The van der Waals surface area contributed by atoms with Gasteiger partial charge in [-0.2, -0.15) is 0 Å². The maximum Gasteiger partial charge on any atom is 0.219 e. The van der Waals surface area contributed by atoms with Crippen molar-refractivity contribution in [2.24, 2.45) is 0 Å². The van der Waals surface area contributed by atoms with Gasteiger partial charge in [0, 0.05) is 25.1 Å². The number of nitrogens with zero attached hydrogens (tertiary/aromatic N) is 1. The number of hydrogen-bond donors (Lipinski definition) is 0. The predicted molar refractivity (Wildman–Crippen MR) is 74.0 cm³/mol. The highest BCUT2D eigenvalue weighted by Gasteiger charge is 2.14. The lowest BCUT2D eigenvalue weighted by Crippen LogP contribution is -2.29. The molecule has 0 N–H and O–H groups in total. The Morgan fingerprint density at radius 3 is 2.56 bits per heavy atom. The van der Waals surface area contributed by atoms with Crippen molar-refractivity contribution in [1.29, 1.82) is 0 Å². The van der Waals surface area contributed by atoms with E-state index in [1.165, 1.54) is 12.8 Å². The SMILES string of the molecule is CCCCCCN(Cc1cc(Cl)oc1Cl)C(C)=O. The quantitative estimate of drug-likeness (QED) is 0.692. The second-order valence-electron chi connectivity index (χ2n) is 4.35. The van der Waals surface area contributed by atoms with Gasteiger partial charge in [0.15, 0.2) is 10.4 Å². The summed E-state index contributed by atoms with van der Waals surface area (Å²) in [7, 11) is 0. The van der Waals surface area contributed by atoms with Gasteiger partial charge in [0.2, 0.25) is 5.91 Å². The van der Waals surface area contributed by atoms with Crippen molar-refractivity contribution < 1.29 is 9.21 Å². The van der Waals surface area contributed by atoms with E-state index in [1.807, 2.05) is 0 Å². The Balaban J connectivity index is 2.52.